The van der Waals surface area contributed by atoms with Crippen LogP contribution < -0.4 is 24.4 Å². The number of carbonyl (C=O) groups is 2. The summed E-state index contributed by atoms with van der Waals surface area (Å²) < 4.78 is 29.6. The third-order valence-electron chi connectivity index (χ3n) is 6.78. The third kappa shape index (κ3) is 5.67. The van der Waals surface area contributed by atoms with Gasteiger partial charge in [-0.3, -0.25) is 9.36 Å². The lowest BCUT2D eigenvalue weighted by atomic mass is 9.95. The number of aromatic nitrogens is 1. The van der Waals surface area contributed by atoms with Crippen LogP contribution in [-0.4, -0.2) is 44.4 Å². The van der Waals surface area contributed by atoms with Gasteiger partial charge in [0, 0.05) is 16.1 Å². The zero-order chi connectivity index (χ0) is 30.8. The Balaban J connectivity index is 1.65. The number of rotatable bonds is 8. The van der Waals surface area contributed by atoms with Gasteiger partial charge in [-0.2, -0.15) is 0 Å². The number of fused-ring (bicyclic) bond motifs is 1. The molecule has 10 nitrogen and oxygen atoms in total. The van der Waals surface area contributed by atoms with E-state index in [0.29, 0.717) is 59.2 Å². The van der Waals surface area contributed by atoms with E-state index in [1.165, 1.54) is 37.2 Å². The SMILES string of the molecule is CCOC(=O)C1=C(C)N=c2s/c(=C\c3ccc(-c4cccc(C(=O)OC)c4)o3)c(=O)n2C1c1cc(OC)c(OC)cc1Br. The van der Waals surface area contributed by atoms with Gasteiger partial charge in [0.25, 0.3) is 5.56 Å². The lowest BCUT2D eigenvalue weighted by molar-refractivity contribution is -0.139. The van der Waals surface area contributed by atoms with Crippen molar-refractivity contribution in [2.24, 2.45) is 4.99 Å². The van der Waals surface area contributed by atoms with Gasteiger partial charge in [0.2, 0.25) is 0 Å². The first-order valence-electron chi connectivity index (χ1n) is 13.1. The molecule has 3 heterocycles. The molecule has 0 saturated carbocycles. The Kier molecular flexibility index (Phi) is 8.69. The van der Waals surface area contributed by atoms with Crippen LogP contribution in [0.15, 0.2) is 78.5 Å². The molecular formula is C31H27BrN2O8S. The van der Waals surface area contributed by atoms with Crippen LogP contribution in [0.5, 0.6) is 11.5 Å². The van der Waals surface area contributed by atoms with Gasteiger partial charge in [-0.25, -0.2) is 14.6 Å². The first kappa shape index (κ1) is 30.1. The van der Waals surface area contributed by atoms with Crippen LogP contribution in [0.3, 0.4) is 0 Å². The quantitative estimate of drug-likeness (QED) is 0.250. The smallest absolute Gasteiger partial charge is 0.338 e. The fraction of sp³-hybridized carbons (Fsp3) is 0.226. The highest BCUT2D eigenvalue weighted by Gasteiger charge is 2.35. The number of halogens is 1. The predicted molar refractivity (Wildman–Crippen MR) is 163 cm³/mol. The molecule has 1 aliphatic rings. The molecule has 1 aliphatic heterocycles. The number of nitrogens with zero attached hydrogens (tertiary/aromatic N) is 2. The Morgan fingerprint density at radius 3 is 2.51 bits per heavy atom. The van der Waals surface area contributed by atoms with Gasteiger partial charge < -0.3 is 23.4 Å². The van der Waals surface area contributed by atoms with E-state index in [9.17, 15) is 14.4 Å². The largest absolute Gasteiger partial charge is 0.493 e. The normalized spacial score (nSPS) is 14.7. The second-order valence-electron chi connectivity index (χ2n) is 9.31. The number of esters is 2. The predicted octanol–water partition coefficient (Wildman–Crippen LogP) is 4.62. The summed E-state index contributed by atoms with van der Waals surface area (Å²) in [4.78, 5) is 44.2. The summed E-state index contributed by atoms with van der Waals surface area (Å²) in [6, 6.07) is 12.9. The van der Waals surface area contributed by atoms with Gasteiger partial charge in [0.1, 0.15) is 11.5 Å². The maximum Gasteiger partial charge on any atom is 0.338 e. The molecule has 0 fully saturated rings. The minimum absolute atomic E-state index is 0.156. The minimum Gasteiger partial charge on any atom is -0.493 e. The molecule has 5 rings (SSSR count). The Hall–Kier alpha value is -4.42. The molecule has 222 valence electrons. The van der Waals surface area contributed by atoms with E-state index in [4.69, 9.17) is 23.4 Å². The van der Waals surface area contributed by atoms with E-state index < -0.39 is 18.0 Å². The van der Waals surface area contributed by atoms with Crippen molar-refractivity contribution in [2.75, 3.05) is 27.9 Å². The molecule has 0 bridgehead atoms. The van der Waals surface area contributed by atoms with Gasteiger partial charge in [0.15, 0.2) is 16.3 Å². The number of carbonyl (C=O) groups excluding carboxylic acids is 2. The van der Waals surface area contributed by atoms with Crippen molar-refractivity contribution in [3.8, 4) is 22.8 Å². The minimum atomic E-state index is -0.861. The molecule has 0 amide bonds. The van der Waals surface area contributed by atoms with Crippen molar-refractivity contribution in [2.45, 2.75) is 19.9 Å². The maximum atomic E-state index is 14.0. The van der Waals surface area contributed by atoms with Crippen LogP contribution in [0.4, 0.5) is 0 Å². The number of methoxy groups -OCH3 is 3. The second-order valence-corrected chi connectivity index (χ2v) is 11.2. The molecular weight excluding hydrogens is 640 g/mol. The Labute approximate surface area is 258 Å². The number of hydrogen-bond acceptors (Lipinski definition) is 10. The van der Waals surface area contributed by atoms with Crippen LogP contribution >= 0.6 is 27.3 Å². The van der Waals surface area contributed by atoms with E-state index in [2.05, 4.69) is 20.9 Å². The number of benzene rings is 2. The van der Waals surface area contributed by atoms with Crippen molar-refractivity contribution in [3.05, 3.63) is 101 Å². The fourth-order valence-corrected chi connectivity index (χ4v) is 6.36. The number of allylic oxidation sites excluding steroid dienone is 1. The lowest BCUT2D eigenvalue weighted by Crippen LogP contribution is -2.40. The Morgan fingerprint density at radius 1 is 1.07 bits per heavy atom. The van der Waals surface area contributed by atoms with Crippen LogP contribution in [0.1, 0.15) is 41.6 Å². The van der Waals surface area contributed by atoms with E-state index >= 15 is 0 Å². The first-order chi connectivity index (χ1) is 20.7. The van der Waals surface area contributed by atoms with Gasteiger partial charge in [-0.05, 0) is 55.8 Å². The highest BCUT2D eigenvalue weighted by molar-refractivity contribution is 9.10. The number of ether oxygens (including phenoxy) is 4. The van der Waals surface area contributed by atoms with Crippen molar-refractivity contribution in [1.82, 2.24) is 4.57 Å². The zero-order valence-electron chi connectivity index (χ0n) is 23.9. The summed E-state index contributed by atoms with van der Waals surface area (Å²) in [5, 5.41) is 0. The van der Waals surface area contributed by atoms with Crippen LogP contribution in [0, 0.1) is 0 Å². The van der Waals surface area contributed by atoms with Crippen LogP contribution in [-0.2, 0) is 14.3 Å². The molecule has 1 atom stereocenters. The molecule has 4 aromatic rings. The van der Waals surface area contributed by atoms with E-state index in [1.807, 2.05) is 6.07 Å². The van der Waals surface area contributed by atoms with Gasteiger partial charge >= 0.3 is 11.9 Å². The summed E-state index contributed by atoms with van der Waals surface area (Å²) in [6.07, 6.45) is 1.63. The fourth-order valence-electron chi connectivity index (χ4n) is 4.80. The summed E-state index contributed by atoms with van der Waals surface area (Å²) in [7, 11) is 4.36. The van der Waals surface area contributed by atoms with E-state index in [1.54, 1.807) is 62.4 Å². The molecule has 0 N–H and O–H groups in total. The summed E-state index contributed by atoms with van der Waals surface area (Å²) in [5.74, 6) is 0.818. The maximum absolute atomic E-state index is 14.0. The molecule has 12 heteroatoms. The summed E-state index contributed by atoms with van der Waals surface area (Å²) in [5.41, 5.74) is 1.96. The Morgan fingerprint density at radius 2 is 1.81 bits per heavy atom. The standard InChI is InChI=1S/C31H27BrN2O8S/c1-6-41-30(37)26-16(2)33-31-34(27(26)20-14-23(38-3)24(39-4)15-21(20)32)28(35)25(43-31)13-19-10-11-22(42-19)17-8-7-9-18(12-17)29(36)40-5/h7-15,27H,6H2,1-5H3/b25-13-. The monoisotopic (exact) mass is 666 g/mol. The summed E-state index contributed by atoms with van der Waals surface area (Å²) in [6.45, 7) is 3.59. The number of hydrogen-bond donors (Lipinski definition) is 0. The number of thiazole rings is 1. The zero-order valence-corrected chi connectivity index (χ0v) is 26.3. The summed E-state index contributed by atoms with van der Waals surface area (Å²) >= 11 is 4.77. The van der Waals surface area contributed by atoms with Gasteiger partial charge in [-0.15, -0.1) is 0 Å². The molecule has 2 aromatic heterocycles. The van der Waals surface area contributed by atoms with Crippen molar-refractivity contribution in [1.29, 1.82) is 0 Å². The van der Waals surface area contributed by atoms with E-state index in [-0.39, 0.29) is 17.7 Å². The van der Waals surface area contributed by atoms with E-state index in [0.717, 1.165) is 0 Å². The molecule has 43 heavy (non-hydrogen) atoms. The second kappa shape index (κ2) is 12.4. The van der Waals surface area contributed by atoms with Gasteiger partial charge in [0.05, 0.1) is 55.3 Å². The molecule has 2 aromatic carbocycles. The third-order valence-corrected chi connectivity index (χ3v) is 8.45. The van der Waals surface area contributed by atoms with Crippen LogP contribution in [0.2, 0.25) is 0 Å². The average Bonchev–Trinajstić information content (AvgIpc) is 3.60. The lowest BCUT2D eigenvalue weighted by Gasteiger charge is -2.26. The average molecular weight is 668 g/mol. The molecule has 0 aliphatic carbocycles. The first-order valence-corrected chi connectivity index (χ1v) is 14.7. The molecule has 1 unspecified atom stereocenters. The Bertz CT molecular complexity index is 1950. The van der Waals surface area contributed by atoms with Crippen molar-refractivity contribution < 1.29 is 33.0 Å². The highest BCUT2D eigenvalue weighted by atomic mass is 79.9. The van der Waals surface area contributed by atoms with Crippen molar-refractivity contribution >= 4 is 45.3 Å². The van der Waals surface area contributed by atoms with Gasteiger partial charge in [-0.1, -0.05) is 39.4 Å². The highest BCUT2D eigenvalue weighted by Crippen LogP contribution is 2.40. The number of furan rings is 1. The molecule has 0 radical (unpaired) electrons. The molecule has 0 spiro atoms. The molecule has 0 saturated heterocycles. The van der Waals surface area contributed by atoms with Crippen LogP contribution in [0.25, 0.3) is 17.4 Å². The van der Waals surface area contributed by atoms with Crippen molar-refractivity contribution in [3.63, 3.8) is 0 Å². The topological polar surface area (TPSA) is 119 Å².